The van der Waals surface area contributed by atoms with E-state index < -0.39 is 17.8 Å². The molecule has 0 aliphatic carbocycles. The highest BCUT2D eigenvalue weighted by molar-refractivity contribution is 6.35. The number of nitrogens with two attached hydrogens (primary N) is 2. The van der Waals surface area contributed by atoms with Crippen LogP contribution in [0.1, 0.15) is 41.4 Å². The van der Waals surface area contributed by atoms with Gasteiger partial charge in [0.1, 0.15) is 47.4 Å². The second-order valence-corrected chi connectivity index (χ2v) is 12.0. The number of aryl methyl sites for hydroxylation is 2. The zero-order valence-corrected chi connectivity index (χ0v) is 28.4. The fourth-order valence-electron chi connectivity index (χ4n) is 6.49. The fourth-order valence-corrected chi connectivity index (χ4v) is 6.80. The zero-order valence-electron chi connectivity index (χ0n) is 27.6. The summed E-state index contributed by atoms with van der Waals surface area (Å²) in [6.07, 6.45) is 0.645. The van der Waals surface area contributed by atoms with Crippen LogP contribution in [0.15, 0.2) is 54.6 Å². The monoisotopic (exact) mass is 724 g/mol. The predicted octanol–water partition coefficient (Wildman–Crippen LogP) is 4.57. The van der Waals surface area contributed by atoms with Crippen LogP contribution in [0.5, 0.6) is 23.0 Å². The van der Waals surface area contributed by atoms with Crippen LogP contribution in [0.25, 0.3) is 44.8 Å². The smallest absolute Gasteiger partial charge is 0.336 e. The van der Waals surface area contributed by atoms with E-state index in [1.165, 1.54) is 32.4 Å². The number of amides is 2. The van der Waals surface area contributed by atoms with E-state index in [4.69, 9.17) is 52.0 Å². The number of imidazole rings is 2. The standard InChI is InChI=1S/C36H29ClN6O9/c1-49-30-20(32(38)45)6-8-23-28(30)40-34-19-5-4-18(15-22(19)36(47)48)51-13-14-52-25-10-3-17(16-44)26(27(25)37)35-41-29-24(43(35)12-11-42(23)34)9-7-21(33(39)46)31(29)50-2/h3-10,15-16H,11-14H2,1-2H3,(H2,38,45)(H2,39,46)(H,47,48). The Morgan fingerprint density at radius 2 is 1.38 bits per heavy atom. The number of ether oxygens (including phenoxy) is 4. The number of carboxylic acid groups (broad SMARTS) is 1. The normalized spacial score (nSPS) is 12.7. The maximum Gasteiger partial charge on any atom is 0.336 e. The largest absolute Gasteiger partial charge is 0.494 e. The average Bonchev–Trinajstić information content (AvgIpc) is 3.69. The summed E-state index contributed by atoms with van der Waals surface area (Å²) in [6, 6.07) is 14.0. The van der Waals surface area contributed by atoms with Crippen LogP contribution in [0.3, 0.4) is 0 Å². The van der Waals surface area contributed by atoms with E-state index in [1.807, 2.05) is 0 Å². The summed E-state index contributed by atoms with van der Waals surface area (Å²) in [5, 5.41) is 10.4. The summed E-state index contributed by atoms with van der Waals surface area (Å²) in [5.74, 6) is -1.50. The number of aromatic nitrogens is 4. The number of halogens is 1. The van der Waals surface area contributed by atoms with Crippen LogP contribution < -0.4 is 30.4 Å². The molecule has 2 aliphatic rings. The van der Waals surface area contributed by atoms with Crippen molar-refractivity contribution in [2.24, 2.45) is 11.5 Å². The molecule has 0 unspecified atom stereocenters. The number of hydrogen-bond acceptors (Lipinski definition) is 10. The lowest BCUT2D eigenvalue weighted by molar-refractivity contribution is 0.0696. The number of carbonyl (C=O) groups is 4. The van der Waals surface area contributed by atoms with Crippen molar-refractivity contribution in [2.75, 3.05) is 27.4 Å². The molecule has 2 amide bonds. The Kier molecular flexibility index (Phi) is 8.64. The van der Waals surface area contributed by atoms with Crippen LogP contribution in [0.4, 0.5) is 0 Å². The van der Waals surface area contributed by atoms with Crippen molar-refractivity contribution in [1.82, 2.24) is 19.1 Å². The second kappa shape index (κ2) is 13.3. The van der Waals surface area contributed by atoms with Crippen molar-refractivity contribution in [2.45, 2.75) is 13.1 Å². The van der Waals surface area contributed by atoms with Gasteiger partial charge in [0.25, 0.3) is 11.8 Å². The molecule has 0 saturated carbocycles. The lowest BCUT2D eigenvalue weighted by Gasteiger charge is -2.16. The number of rotatable bonds is 6. The van der Waals surface area contributed by atoms with E-state index in [1.54, 1.807) is 45.5 Å². The molecule has 264 valence electrons. The molecule has 0 fully saturated rings. The quantitative estimate of drug-likeness (QED) is 0.202. The van der Waals surface area contributed by atoms with Crippen molar-refractivity contribution >= 4 is 57.7 Å². The number of aldehydes is 1. The van der Waals surface area contributed by atoms with Gasteiger partial charge < -0.3 is 44.7 Å². The third-order valence-electron chi connectivity index (χ3n) is 8.80. The summed E-state index contributed by atoms with van der Waals surface area (Å²) >= 11 is 6.98. The Morgan fingerprint density at radius 3 is 1.94 bits per heavy atom. The number of benzene rings is 4. The predicted molar refractivity (Wildman–Crippen MR) is 189 cm³/mol. The molecule has 6 aromatic rings. The van der Waals surface area contributed by atoms with Gasteiger partial charge in [0.15, 0.2) is 17.8 Å². The van der Waals surface area contributed by atoms with E-state index >= 15 is 0 Å². The summed E-state index contributed by atoms with van der Waals surface area (Å²) in [4.78, 5) is 59.6. The Bertz CT molecular complexity index is 2490. The van der Waals surface area contributed by atoms with Gasteiger partial charge in [-0.3, -0.25) is 14.4 Å². The average molecular weight is 725 g/mol. The van der Waals surface area contributed by atoms with Gasteiger partial charge in [0.2, 0.25) is 0 Å². The number of aromatic carboxylic acids is 1. The molecule has 2 aliphatic heterocycles. The maximum atomic E-state index is 12.7. The zero-order chi connectivity index (χ0) is 36.8. The van der Waals surface area contributed by atoms with E-state index in [0.717, 1.165) is 0 Å². The SMILES string of the molecule is COc1c(C(N)=O)ccc2c1nc1n2CCn2c(nc3c(OC)c(C(N)=O)ccc32)-c2c(C=O)ccc(c2Cl)OCCOc2ccc-1c(C(=O)O)c2. The van der Waals surface area contributed by atoms with Crippen LogP contribution >= 0.6 is 11.6 Å². The van der Waals surface area contributed by atoms with Crippen LogP contribution in [-0.4, -0.2) is 75.7 Å². The molecule has 2 aromatic heterocycles. The van der Waals surface area contributed by atoms with Crippen molar-refractivity contribution in [3.05, 3.63) is 81.9 Å². The molecular weight excluding hydrogens is 696 g/mol. The van der Waals surface area contributed by atoms with E-state index in [-0.39, 0.29) is 110 Å². The van der Waals surface area contributed by atoms with Gasteiger partial charge in [-0.25, -0.2) is 14.8 Å². The molecule has 4 aromatic carbocycles. The molecule has 8 rings (SSSR count). The molecule has 0 atom stereocenters. The van der Waals surface area contributed by atoms with Gasteiger partial charge in [-0.1, -0.05) is 11.6 Å². The molecule has 5 N–H and O–H groups in total. The summed E-state index contributed by atoms with van der Waals surface area (Å²) in [7, 11) is 2.76. The van der Waals surface area contributed by atoms with Gasteiger partial charge >= 0.3 is 5.97 Å². The second-order valence-electron chi connectivity index (χ2n) is 11.6. The Hall–Kier alpha value is -6.61. The topological polar surface area (TPSA) is 213 Å². The first-order valence-corrected chi connectivity index (χ1v) is 16.1. The lowest BCUT2D eigenvalue weighted by Crippen LogP contribution is -2.13. The Morgan fingerprint density at radius 1 is 0.808 bits per heavy atom. The Labute approximate surface area is 299 Å². The minimum atomic E-state index is -1.23. The molecule has 4 heterocycles. The van der Waals surface area contributed by atoms with E-state index in [2.05, 4.69) is 0 Å². The van der Waals surface area contributed by atoms with E-state index in [0.29, 0.717) is 17.3 Å². The summed E-state index contributed by atoms with van der Waals surface area (Å²) < 4.78 is 26.6. The lowest BCUT2D eigenvalue weighted by atomic mass is 10.1. The molecule has 52 heavy (non-hydrogen) atoms. The number of carboxylic acids is 1. The van der Waals surface area contributed by atoms with Gasteiger partial charge in [0, 0.05) is 24.2 Å². The first kappa shape index (κ1) is 33.9. The summed E-state index contributed by atoms with van der Waals surface area (Å²) in [5.41, 5.74) is 13.6. The maximum absolute atomic E-state index is 12.7. The Balaban J connectivity index is 1.55. The minimum absolute atomic E-state index is 0.00769. The number of primary amides is 2. The molecule has 16 heteroatoms. The van der Waals surface area contributed by atoms with Crippen molar-refractivity contribution in [3.63, 3.8) is 0 Å². The van der Waals surface area contributed by atoms with Crippen LogP contribution in [0.2, 0.25) is 5.02 Å². The highest BCUT2D eigenvalue weighted by Gasteiger charge is 2.28. The third-order valence-corrected chi connectivity index (χ3v) is 9.17. The first-order chi connectivity index (χ1) is 25.1. The van der Waals surface area contributed by atoms with Crippen LogP contribution in [-0.2, 0) is 13.1 Å². The highest BCUT2D eigenvalue weighted by Crippen LogP contribution is 2.42. The van der Waals surface area contributed by atoms with Crippen molar-refractivity contribution in [3.8, 4) is 45.8 Å². The highest BCUT2D eigenvalue weighted by atomic mass is 35.5. The van der Waals surface area contributed by atoms with Crippen LogP contribution in [0, 0.1) is 0 Å². The molecule has 0 spiro atoms. The number of fused-ring (bicyclic) bond motifs is 8. The van der Waals surface area contributed by atoms with E-state index in [9.17, 15) is 24.3 Å². The number of carbonyl (C=O) groups excluding carboxylic acids is 3. The van der Waals surface area contributed by atoms with Gasteiger partial charge in [-0.15, -0.1) is 0 Å². The summed E-state index contributed by atoms with van der Waals surface area (Å²) in [6.45, 7) is 0.252. The molecule has 15 nitrogen and oxygen atoms in total. The third kappa shape index (κ3) is 5.47. The molecule has 4 bridgehead atoms. The van der Waals surface area contributed by atoms with Gasteiger partial charge in [-0.05, 0) is 54.6 Å². The number of hydrogen-bond donors (Lipinski definition) is 3. The van der Waals surface area contributed by atoms with Gasteiger partial charge in [-0.2, -0.15) is 0 Å². The number of nitrogens with zero attached hydrogens (tertiary/aromatic N) is 4. The minimum Gasteiger partial charge on any atom is -0.494 e. The molecule has 0 saturated heterocycles. The van der Waals surface area contributed by atoms with Crippen molar-refractivity contribution < 1.29 is 43.2 Å². The van der Waals surface area contributed by atoms with Crippen molar-refractivity contribution in [1.29, 1.82) is 0 Å². The fraction of sp³-hybridized carbons (Fsp3) is 0.167. The van der Waals surface area contributed by atoms with Gasteiger partial charge in [0.05, 0.1) is 52.5 Å². The molecular formula is C36H29ClN6O9. The number of methoxy groups -OCH3 is 2. The molecule has 0 radical (unpaired) electrons. The first-order valence-electron chi connectivity index (χ1n) is 15.7.